The number of carboxylic acid groups (broad SMARTS) is 1. The van der Waals surface area contributed by atoms with Crippen LogP contribution in [-0.4, -0.2) is 96.2 Å². The van der Waals surface area contributed by atoms with Gasteiger partial charge in [0.2, 0.25) is 17.7 Å². The van der Waals surface area contributed by atoms with E-state index in [0.29, 0.717) is 25.8 Å². The molecule has 17 N–H and O–H groups in total. The minimum absolute atomic E-state index is 0.0394. The summed E-state index contributed by atoms with van der Waals surface area (Å²) >= 11 is 0. The molecule has 0 saturated heterocycles. The number of aliphatic imine (C=N–C) groups is 2. The molecule has 38 heavy (non-hydrogen) atoms. The lowest BCUT2D eigenvalue weighted by Gasteiger charge is -2.24. The summed E-state index contributed by atoms with van der Waals surface area (Å²) in [6.45, 7) is 0.0184. The minimum Gasteiger partial charge on any atom is -0.480 e. The first kappa shape index (κ1) is 34.3. The van der Waals surface area contributed by atoms with E-state index in [0.717, 1.165) is 0 Å². The molecule has 0 aromatic carbocycles. The molecule has 3 amide bonds. The van der Waals surface area contributed by atoms with Gasteiger partial charge in [-0.2, -0.15) is 0 Å². The zero-order valence-electron chi connectivity index (χ0n) is 21.5. The highest BCUT2D eigenvalue weighted by Gasteiger charge is 2.29. The van der Waals surface area contributed by atoms with E-state index < -0.39 is 54.5 Å². The van der Waals surface area contributed by atoms with Crippen LogP contribution >= 0.6 is 0 Å². The second-order valence-electron chi connectivity index (χ2n) is 8.49. The van der Waals surface area contributed by atoms with Crippen molar-refractivity contribution in [3.05, 3.63) is 0 Å². The molecule has 17 nitrogen and oxygen atoms in total. The highest BCUT2D eigenvalue weighted by Crippen LogP contribution is 2.05. The van der Waals surface area contributed by atoms with E-state index >= 15 is 0 Å². The highest BCUT2D eigenvalue weighted by atomic mass is 16.4. The molecule has 0 bridgehead atoms. The van der Waals surface area contributed by atoms with Crippen molar-refractivity contribution in [1.29, 1.82) is 0 Å². The summed E-state index contributed by atoms with van der Waals surface area (Å²) < 4.78 is 0. The number of unbranched alkanes of at least 4 members (excludes halogenated alkanes) is 1. The van der Waals surface area contributed by atoms with Crippen LogP contribution in [0.3, 0.4) is 0 Å². The number of hydrogen-bond acceptors (Lipinski definition) is 9. The Balaban J connectivity index is 5.20. The molecule has 0 rings (SSSR count). The maximum Gasteiger partial charge on any atom is 0.326 e. The van der Waals surface area contributed by atoms with Crippen molar-refractivity contribution >= 4 is 35.6 Å². The van der Waals surface area contributed by atoms with E-state index in [9.17, 15) is 29.4 Å². The fourth-order valence-corrected chi connectivity index (χ4v) is 3.19. The monoisotopic (exact) mass is 545 g/mol. The van der Waals surface area contributed by atoms with Crippen molar-refractivity contribution in [3.8, 4) is 0 Å². The molecule has 0 unspecified atom stereocenters. The minimum atomic E-state index is -1.40. The number of aliphatic carboxylic acids is 1. The molecule has 0 aromatic rings. The van der Waals surface area contributed by atoms with E-state index in [1.54, 1.807) is 0 Å². The second-order valence-corrected chi connectivity index (χ2v) is 8.49. The van der Waals surface area contributed by atoms with Gasteiger partial charge in [0.1, 0.15) is 18.1 Å². The third-order valence-electron chi connectivity index (χ3n) is 5.26. The predicted octanol–water partition coefficient (Wildman–Crippen LogP) is -4.92. The van der Waals surface area contributed by atoms with Gasteiger partial charge >= 0.3 is 5.97 Å². The van der Waals surface area contributed by atoms with Crippen LogP contribution in [0.2, 0.25) is 0 Å². The maximum absolute atomic E-state index is 12.9. The molecule has 0 radical (unpaired) electrons. The first-order chi connectivity index (χ1) is 17.9. The van der Waals surface area contributed by atoms with Crippen molar-refractivity contribution in [3.63, 3.8) is 0 Å². The predicted molar refractivity (Wildman–Crippen MR) is 141 cm³/mol. The molecule has 17 heteroatoms. The van der Waals surface area contributed by atoms with Crippen LogP contribution in [0.4, 0.5) is 0 Å². The Morgan fingerprint density at radius 1 is 0.684 bits per heavy atom. The summed E-state index contributed by atoms with van der Waals surface area (Å²) in [5.41, 5.74) is 32.3. The summed E-state index contributed by atoms with van der Waals surface area (Å²) in [6.07, 6.45) is 2.09. The standard InChI is InChI=1S/C21H43N11O6/c22-8-2-1-6-13(17(35)31-14(19(37)38)7-4-10-29-21(26)27)30-18(36)15(11-33)32-16(34)12(23)5-3-9-28-20(24)25/h12-15,33H,1-11,22-23H2,(H,30,36)(H,31,35)(H,32,34)(H,37,38)(H4,24,25,28)(H4,26,27,29)/t12-,13-,14-,15-/m0/s1. The fraction of sp³-hybridized carbons (Fsp3) is 0.714. The topological polar surface area (TPSA) is 326 Å². The number of carbonyl (C=O) groups is 4. The normalized spacial score (nSPS) is 13.8. The lowest BCUT2D eigenvalue weighted by atomic mass is 10.1. The summed E-state index contributed by atoms with van der Waals surface area (Å²) in [5.74, 6) is -3.79. The van der Waals surface area contributed by atoms with Crippen LogP contribution in [0.25, 0.3) is 0 Å². The molecule has 0 aliphatic carbocycles. The first-order valence-corrected chi connectivity index (χ1v) is 12.2. The van der Waals surface area contributed by atoms with Crippen LogP contribution in [0.15, 0.2) is 9.98 Å². The van der Waals surface area contributed by atoms with Gasteiger partial charge < -0.3 is 60.6 Å². The van der Waals surface area contributed by atoms with Crippen molar-refractivity contribution in [1.82, 2.24) is 16.0 Å². The lowest BCUT2D eigenvalue weighted by molar-refractivity contribution is -0.142. The number of nitrogens with zero attached hydrogens (tertiary/aromatic N) is 2. The number of nitrogens with one attached hydrogen (secondary N) is 3. The Labute approximate surface area is 221 Å². The molecule has 0 aliphatic heterocycles. The summed E-state index contributed by atoms with van der Waals surface area (Å²) in [5, 5.41) is 26.3. The van der Waals surface area contributed by atoms with E-state index in [-0.39, 0.29) is 50.7 Å². The van der Waals surface area contributed by atoms with E-state index in [1.165, 1.54) is 0 Å². The van der Waals surface area contributed by atoms with Crippen LogP contribution in [0.1, 0.15) is 44.9 Å². The van der Waals surface area contributed by atoms with Gasteiger partial charge in [-0.1, -0.05) is 0 Å². The third kappa shape index (κ3) is 15.4. The van der Waals surface area contributed by atoms with Crippen molar-refractivity contribution < 1.29 is 29.4 Å². The number of amides is 3. The molecule has 218 valence electrons. The Kier molecular flexibility index (Phi) is 17.5. The van der Waals surface area contributed by atoms with Gasteiger partial charge in [-0.3, -0.25) is 24.4 Å². The van der Waals surface area contributed by atoms with Crippen LogP contribution in [0, 0.1) is 0 Å². The number of rotatable bonds is 20. The summed E-state index contributed by atoms with van der Waals surface area (Å²) in [4.78, 5) is 57.2. The van der Waals surface area contributed by atoms with Crippen molar-refractivity contribution in [2.45, 2.75) is 69.1 Å². The van der Waals surface area contributed by atoms with Crippen LogP contribution in [-0.2, 0) is 19.2 Å². The lowest BCUT2D eigenvalue weighted by Crippen LogP contribution is -2.58. The Morgan fingerprint density at radius 2 is 1.16 bits per heavy atom. The van der Waals surface area contributed by atoms with Crippen LogP contribution in [0.5, 0.6) is 0 Å². The first-order valence-electron chi connectivity index (χ1n) is 12.2. The number of aliphatic hydroxyl groups excluding tert-OH is 1. The Hall–Kier alpha value is -3.70. The molecule has 0 aromatic heterocycles. The molecule has 0 heterocycles. The van der Waals surface area contributed by atoms with E-state index in [2.05, 4.69) is 25.9 Å². The summed E-state index contributed by atoms with van der Waals surface area (Å²) in [6, 6.07) is -4.79. The maximum atomic E-state index is 12.9. The number of carbonyl (C=O) groups excluding carboxylic acids is 3. The number of hydrogen-bond donors (Lipinski definition) is 11. The number of nitrogens with two attached hydrogens (primary N) is 6. The number of carboxylic acids is 1. The molecule has 4 atom stereocenters. The van der Waals surface area contributed by atoms with Crippen molar-refractivity contribution in [2.75, 3.05) is 26.2 Å². The smallest absolute Gasteiger partial charge is 0.326 e. The van der Waals surface area contributed by atoms with E-state index in [1.807, 2.05) is 0 Å². The fourth-order valence-electron chi connectivity index (χ4n) is 3.19. The average molecular weight is 546 g/mol. The van der Waals surface area contributed by atoms with Gasteiger partial charge in [0.25, 0.3) is 0 Å². The zero-order valence-corrected chi connectivity index (χ0v) is 21.5. The molecule has 0 saturated carbocycles. The largest absolute Gasteiger partial charge is 0.480 e. The quantitative estimate of drug-likeness (QED) is 0.0389. The van der Waals surface area contributed by atoms with Gasteiger partial charge in [0.05, 0.1) is 12.6 Å². The molecule has 0 fully saturated rings. The Bertz CT molecular complexity index is 815. The van der Waals surface area contributed by atoms with Gasteiger partial charge in [-0.25, -0.2) is 4.79 Å². The second kappa shape index (κ2) is 19.4. The third-order valence-corrected chi connectivity index (χ3v) is 5.26. The molecular weight excluding hydrogens is 502 g/mol. The van der Waals surface area contributed by atoms with Gasteiger partial charge in [-0.15, -0.1) is 0 Å². The average Bonchev–Trinajstić information content (AvgIpc) is 2.85. The molecular formula is C21H43N11O6. The summed E-state index contributed by atoms with van der Waals surface area (Å²) in [7, 11) is 0. The van der Waals surface area contributed by atoms with Gasteiger partial charge in [-0.05, 0) is 51.5 Å². The number of aliphatic hydroxyl groups is 1. The van der Waals surface area contributed by atoms with E-state index in [4.69, 9.17) is 34.4 Å². The Morgan fingerprint density at radius 3 is 1.66 bits per heavy atom. The van der Waals surface area contributed by atoms with Crippen molar-refractivity contribution in [2.24, 2.45) is 44.4 Å². The van der Waals surface area contributed by atoms with Gasteiger partial charge in [0.15, 0.2) is 11.9 Å². The number of guanidine groups is 2. The van der Waals surface area contributed by atoms with Crippen LogP contribution < -0.4 is 50.4 Å². The zero-order chi connectivity index (χ0) is 29.1. The van der Waals surface area contributed by atoms with Gasteiger partial charge in [0, 0.05) is 13.1 Å². The SMILES string of the molecule is NCCCC[C@H](NC(=O)[C@H](CO)NC(=O)[C@@H](N)CCCN=C(N)N)C(=O)N[C@@H](CCCN=C(N)N)C(=O)O. The highest BCUT2D eigenvalue weighted by molar-refractivity contribution is 5.94. The molecule has 0 spiro atoms. The molecule has 0 aliphatic rings.